The molecule has 5 nitrogen and oxygen atoms in total. The summed E-state index contributed by atoms with van der Waals surface area (Å²) in [4.78, 5) is 14.4. The van der Waals surface area contributed by atoms with Gasteiger partial charge < -0.3 is 5.32 Å². The highest BCUT2D eigenvalue weighted by atomic mass is 32.2. The van der Waals surface area contributed by atoms with E-state index in [9.17, 15) is 10.1 Å². The van der Waals surface area contributed by atoms with Gasteiger partial charge in [0.1, 0.15) is 0 Å². The average Bonchev–Trinajstić information content (AvgIpc) is 2.79. The normalized spacial score (nSPS) is 19.9. The molecule has 1 saturated heterocycles. The van der Waals surface area contributed by atoms with Gasteiger partial charge in [-0.3, -0.25) is 10.1 Å². The van der Waals surface area contributed by atoms with E-state index < -0.39 is 0 Å². The van der Waals surface area contributed by atoms with Crippen molar-refractivity contribution >= 4 is 17.4 Å². The second-order valence-electron chi connectivity index (χ2n) is 3.69. The highest BCUT2D eigenvalue weighted by molar-refractivity contribution is 7.99. The lowest BCUT2D eigenvalue weighted by atomic mass is 10.3. The molecule has 86 valence electrons. The van der Waals surface area contributed by atoms with Crippen LogP contribution in [-0.2, 0) is 0 Å². The molecule has 0 spiro atoms. The number of thioether (sulfide) groups is 1. The van der Waals surface area contributed by atoms with E-state index in [1.165, 1.54) is 24.2 Å². The molecule has 16 heavy (non-hydrogen) atoms. The molecule has 0 amide bonds. The van der Waals surface area contributed by atoms with E-state index in [4.69, 9.17) is 0 Å². The highest BCUT2D eigenvalue weighted by Crippen LogP contribution is 2.27. The SMILES string of the molecule is O=[N+]([O-])c1cccnc1SC[C@@H]1CCCN1. The van der Waals surface area contributed by atoms with Crippen molar-refractivity contribution in [1.29, 1.82) is 0 Å². The summed E-state index contributed by atoms with van der Waals surface area (Å²) in [7, 11) is 0. The Morgan fingerprint density at radius 2 is 2.56 bits per heavy atom. The third-order valence-corrected chi connectivity index (χ3v) is 3.69. The Balaban J connectivity index is 2.00. The van der Waals surface area contributed by atoms with Crippen molar-refractivity contribution in [2.75, 3.05) is 12.3 Å². The molecule has 0 aromatic carbocycles. The minimum absolute atomic E-state index is 0.102. The summed E-state index contributed by atoms with van der Waals surface area (Å²) >= 11 is 1.46. The van der Waals surface area contributed by atoms with Gasteiger partial charge in [0.25, 0.3) is 0 Å². The number of pyridine rings is 1. The summed E-state index contributed by atoms with van der Waals surface area (Å²) in [6.07, 6.45) is 3.93. The maximum absolute atomic E-state index is 10.8. The predicted octanol–water partition coefficient (Wildman–Crippen LogP) is 1.83. The lowest BCUT2D eigenvalue weighted by Gasteiger charge is -2.08. The largest absolute Gasteiger partial charge is 0.313 e. The predicted molar refractivity (Wildman–Crippen MR) is 62.6 cm³/mol. The van der Waals surface area contributed by atoms with Crippen molar-refractivity contribution in [3.05, 3.63) is 28.4 Å². The topological polar surface area (TPSA) is 68.1 Å². The van der Waals surface area contributed by atoms with Crippen molar-refractivity contribution in [1.82, 2.24) is 10.3 Å². The molecule has 2 rings (SSSR count). The lowest BCUT2D eigenvalue weighted by molar-refractivity contribution is -0.388. The molecule has 0 bridgehead atoms. The van der Waals surface area contributed by atoms with Crippen LogP contribution in [0, 0.1) is 10.1 Å². The maximum atomic E-state index is 10.8. The summed E-state index contributed by atoms with van der Waals surface area (Å²) in [5.74, 6) is 0.845. The van der Waals surface area contributed by atoms with E-state index in [0.29, 0.717) is 11.1 Å². The molecule has 0 unspecified atom stereocenters. The van der Waals surface area contributed by atoms with Crippen LogP contribution in [0.1, 0.15) is 12.8 Å². The fraction of sp³-hybridized carbons (Fsp3) is 0.500. The Labute approximate surface area is 97.8 Å². The first kappa shape index (κ1) is 11.3. The van der Waals surface area contributed by atoms with Crippen LogP contribution in [0.3, 0.4) is 0 Å². The number of nitro groups is 1. The quantitative estimate of drug-likeness (QED) is 0.493. The first-order chi connectivity index (χ1) is 7.77. The van der Waals surface area contributed by atoms with Crippen LogP contribution in [0.2, 0.25) is 0 Å². The molecule has 1 fully saturated rings. The fourth-order valence-electron chi connectivity index (χ4n) is 1.71. The van der Waals surface area contributed by atoms with Crippen molar-refractivity contribution < 1.29 is 4.92 Å². The molecule has 1 aliphatic rings. The number of rotatable bonds is 4. The Morgan fingerprint density at radius 3 is 3.25 bits per heavy atom. The summed E-state index contributed by atoms with van der Waals surface area (Å²) < 4.78 is 0. The van der Waals surface area contributed by atoms with Gasteiger partial charge in [0.05, 0.1) is 4.92 Å². The standard InChI is InChI=1S/C10H13N3O2S/c14-13(15)9-4-2-6-12-10(9)16-7-8-3-1-5-11-8/h2,4,6,8,11H,1,3,5,7H2/t8-/m0/s1. The van der Waals surface area contributed by atoms with Crippen LogP contribution in [0.4, 0.5) is 5.69 Å². The van der Waals surface area contributed by atoms with Crippen molar-refractivity contribution in [2.24, 2.45) is 0 Å². The van der Waals surface area contributed by atoms with Gasteiger partial charge in [0, 0.05) is 24.1 Å². The van der Waals surface area contributed by atoms with E-state index in [2.05, 4.69) is 10.3 Å². The van der Waals surface area contributed by atoms with Gasteiger partial charge in [0.2, 0.25) is 0 Å². The van der Waals surface area contributed by atoms with Gasteiger partial charge in [-0.25, -0.2) is 4.98 Å². The molecule has 0 aliphatic carbocycles. The minimum Gasteiger partial charge on any atom is -0.313 e. The molecule has 2 heterocycles. The molecule has 1 atom stereocenters. The monoisotopic (exact) mass is 239 g/mol. The van der Waals surface area contributed by atoms with E-state index in [1.807, 2.05) is 0 Å². The summed E-state index contributed by atoms with van der Waals surface area (Å²) in [6.45, 7) is 1.05. The second-order valence-corrected chi connectivity index (χ2v) is 4.70. The third kappa shape index (κ3) is 2.70. The van der Waals surface area contributed by atoms with Crippen LogP contribution >= 0.6 is 11.8 Å². The van der Waals surface area contributed by atoms with E-state index in [1.54, 1.807) is 12.3 Å². The van der Waals surface area contributed by atoms with Gasteiger partial charge >= 0.3 is 5.69 Å². The van der Waals surface area contributed by atoms with Gasteiger partial charge in [-0.15, -0.1) is 0 Å². The smallest absolute Gasteiger partial charge is 0.301 e. The number of nitrogens with zero attached hydrogens (tertiary/aromatic N) is 2. The zero-order chi connectivity index (χ0) is 11.4. The lowest BCUT2D eigenvalue weighted by Crippen LogP contribution is -2.23. The molecular weight excluding hydrogens is 226 g/mol. The Bertz CT molecular complexity index is 380. The molecule has 1 aliphatic heterocycles. The van der Waals surface area contributed by atoms with Crippen molar-refractivity contribution in [2.45, 2.75) is 23.9 Å². The van der Waals surface area contributed by atoms with E-state index >= 15 is 0 Å². The number of hydrogen-bond acceptors (Lipinski definition) is 5. The third-order valence-electron chi connectivity index (χ3n) is 2.53. The summed E-state index contributed by atoms with van der Waals surface area (Å²) in [5, 5.41) is 14.6. The fourth-order valence-corrected chi connectivity index (χ4v) is 2.78. The Hall–Kier alpha value is -1.14. The van der Waals surface area contributed by atoms with Gasteiger partial charge in [-0.05, 0) is 25.5 Å². The van der Waals surface area contributed by atoms with Crippen molar-refractivity contribution in [3.8, 4) is 0 Å². The summed E-state index contributed by atoms with van der Waals surface area (Å²) in [5.41, 5.74) is 0.102. The molecule has 0 radical (unpaired) electrons. The van der Waals surface area contributed by atoms with E-state index in [-0.39, 0.29) is 10.6 Å². The van der Waals surface area contributed by atoms with Crippen LogP contribution in [0.15, 0.2) is 23.4 Å². The molecule has 6 heteroatoms. The number of nitrogens with one attached hydrogen (secondary N) is 1. The number of hydrogen-bond donors (Lipinski definition) is 1. The molecule has 1 aromatic heterocycles. The minimum atomic E-state index is -0.378. The highest BCUT2D eigenvalue weighted by Gasteiger charge is 2.18. The summed E-state index contributed by atoms with van der Waals surface area (Å²) in [6, 6.07) is 3.56. The molecule has 1 aromatic rings. The molecular formula is C10H13N3O2S. The Morgan fingerprint density at radius 1 is 1.69 bits per heavy atom. The molecule has 1 N–H and O–H groups in total. The van der Waals surface area contributed by atoms with Crippen LogP contribution in [-0.4, -0.2) is 28.2 Å². The van der Waals surface area contributed by atoms with Crippen LogP contribution in [0.25, 0.3) is 0 Å². The average molecular weight is 239 g/mol. The number of aromatic nitrogens is 1. The van der Waals surface area contributed by atoms with Gasteiger partial charge in [-0.2, -0.15) is 0 Å². The van der Waals surface area contributed by atoms with Crippen molar-refractivity contribution in [3.63, 3.8) is 0 Å². The molecule has 0 saturated carbocycles. The Kier molecular flexibility index (Phi) is 3.74. The van der Waals surface area contributed by atoms with Crippen LogP contribution < -0.4 is 5.32 Å². The maximum Gasteiger partial charge on any atom is 0.301 e. The zero-order valence-electron chi connectivity index (χ0n) is 8.76. The zero-order valence-corrected chi connectivity index (χ0v) is 9.57. The van der Waals surface area contributed by atoms with Crippen LogP contribution in [0.5, 0.6) is 0 Å². The van der Waals surface area contributed by atoms with Gasteiger partial charge in [0.15, 0.2) is 5.03 Å². The second kappa shape index (κ2) is 5.27. The van der Waals surface area contributed by atoms with Gasteiger partial charge in [-0.1, -0.05) is 11.8 Å². The van der Waals surface area contributed by atoms with E-state index in [0.717, 1.165) is 18.7 Å². The first-order valence-electron chi connectivity index (χ1n) is 5.23. The first-order valence-corrected chi connectivity index (χ1v) is 6.21.